The molecule has 0 radical (unpaired) electrons. The lowest BCUT2D eigenvalue weighted by atomic mass is 10.0. The highest BCUT2D eigenvalue weighted by Gasteiger charge is 2.27. The van der Waals surface area contributed by atoms with Crippen molar-refractivity contribution in [3.8, 4) is 16.9 Å². The summed E-state index contributed by atoms with van der Waals surface area (Å²) in [6, 6.07) is 11.4. The van der Waals surface area contributed by atoms with E-state index in [4.69, 9.17) is 4.74 Å². The first-order valence-corrected chi connectivity index (χ1v) is 8.87. The predicted molar refractivity (Wildman–Crippen MR) is 101 cm³/mol. The summed E-state index contributed by atoms with van der Waals surface area (Å²) >= 11 is 0. The fourth-order valence-electron chi connectivity index (χ4n) is 3.19. The van der Waals surface area contributed by atoms with E-state index in [0.717, 1.165) is 28.1 Å². The van der Waals surface area contributed by atoms with Gasteiger partial charge >= 0.3 is 0 Å². The van der Waals surface area contributed by atoms with E-state index in [1.807, 2.05) is 49.1 Å². The van der Waals surface area contributed by atoms with Gasteiger partial charge in [0.2, 0.25) is 0 Å². The van der Waals surface area contributed by atoms with Gasteiger partial charge in [0.25, 0.3) is 5.91 Å². The first kappa shape index (κ1) is 17.1. The normalized spacial score (nSPS) is 16.2. The second kappa shape index (κ2) is 7.15. The number of hydrogen-bond donors (Lipinski definition) is 0. The lowest BCUT2D eigenvalue weighted by Gasteiger charge is -2.26. The highest BCUT2D eigenvalue weighted by Crippen LogP contribution is 2.30. The molecule has 0 saturated heterocycles. The van der Waals surface area contributed by atoms with Gasteiger partial charge in [0.1, 0.15) is 24.4 Å². The van der Waals surface area contributed by atoms with Crippen LogP contribution in [0.4, 0.5) is 0 Å². The summed E-state index contributed by atoms with van der Waals surface area (Å²) in [5, 5.41) is 0. The molecule has 6 nitrogen and oxygen atoms in total. The van der Waals surface area contributed by atoms with Crippen molar-refractivity contribution in [2.24, 2.45) is 0 Å². The van der Waals surface area contributed by atoms with Crippen molar-refractivity contribution in [1.82, 2.24) is 19.9 Å². The zero-order chi connectivity index (χ0) is 18.8. The van der Waals surface area contributed by atoms with Gasteiger partial charge in [-0.3, -0.25) is 4.79 Å². The Bertz CT molecular complexity index is 975. The topological polar surface area (TPSA) is 68.2 Å². The largest absolute Gasteiger partial charge is 0.491 e. The fourth-order valence-corrected chi connectivity index (χ4v) is 3.19. The number of ether oxygens (including phenoxy) is 1. The number of carbonyl (C=O) groups is 1. The second-order valence-corrected chi connectivity index (χ2v) is 6.71. The van der Waals surface area contributed by atoms with Crippen LogP contribution in [0.1, 0.15) is 28.7 Å². The predicted octanol–water partition coefficient (Wildman–Crippen LogP) is 3.27. The molecule has 3 aromatic rings. The van der Waals surface area contributed by atoms with Crippen molar-refractivity contribution in [1.29, 1.82) is 0 Å². The molecule has 0 unspecified atom stereocenters. The number of rotatable bonds is 2. The van der Waals surface area contributed by atoms with Crippen molar-refractivity contribution in [2.45, 2.75) is 26.4 Å². The van der Waals surface area contributed by atoms with Crippen LogP contribution >= 0.6 is 0 Å². The Morgan fingerprint density at radius 1 is 1.15 bits per heavy atom. The summed E-state index contributed by atoms with van der Waals surface area (Å²) < 4.78 is 5.95. The van der Waals surface area contributed by atoms with E-state index in [1.165, 1.54) is 6.33 Å². The number of amides is 1. The third kappa shape index (κ3) is 3.51. The van der Waals surface area contributed by atoms with Crippen LogP contribution in [0, 0.1) is 6.92 Å². The molecule has 6 heteroatoms. The van der Waals surface area contributed by atoms with E-state index in [9.17, 15) is 4.79 Å². The SMILES string of the molecule is Cc1cccc(C(=O)N2Cc3cc(-c4cncnc4)ccc3OC[C@H]2C)n1. The minimum Gasteiger partial charge on any atom is -0.491 e. The van der Waals surface area contributed by atoms with Crippen LogP contribution in [-0.4, -0.2) is 38.4 Å². The van der Waals surface area contributed by atoms with Crippen LogP contribution in [0.2, 0.25) is 0 Å². The summed E-state index contributed by atoms with van der Waals surface area (Å²) in [4.78, 5) is 27.4. The minimum absolute atomic E-state index is 0.0595. The molecule has 1 amide bonds. The van der Waals surface area contributed by atoms with E-state index in [-0.39, 0.29) is 11.9 Å². The van der Waals surface area contributed by atoms with Crippen LogP contribution in [0.15, 0.2) is 55.1 Å². The molecule has 0 bridgehead atoms. The van der Waals surface area contributed by atoms with E-state index >= 15 is 0 Å². The standard InChI is InChI=1S/C21H20N4O2/c1-14-4-3-5-19(24-14)21(26)25-11-17-8-16(18-9-22-13-23-10-18)6-7-20(17)27-12-15(25)2/h3-10,13,15H,11-12H2,1-2H3/t15-/m1/s1. The summed E-state index contributed by atoms with van der Waals surface area (Å²) in [6.07, 6.45) is 5.05. The highest BCUT2D eigenvalue weighted by atomic mass is 16.5. The average molecular weight is 360 g/mol. The first-order chi connectivity index (χ1) is 13.1. The number of fused-ring (bicyclic) bond motifs is 1. The quantitative estimate of drug-likeness (QED) is 0.702. The van der Waals surface area contributed by atoms with Crippen LogP contribution < -0.4 is 4.74 Å². The number of pyridine rings is 1. The molecule has 2 aromatic heterocycles. The molecule has 0 aliphatic carbocycles. The van der Waals surface area contributed by atoms with Gasteiger partial charge in [-0.15, -0.1) is 0 Å². The van der Waals surface area contributed by atoms with Crippen molar-refractivity contribution < 1.29 is 9.53 Å². The average Bonchev–Trinajstić information content (AvgIpc) is 2.86. The number of aromatic nitrogens is 3. The molecule has 3 heterocycles. The highest BCUT2D eigenvalue weighted by molar-refractivity contribution is 5.92. The lowest BCUT2D eigenvalue weighted by molar-refractivity contribution is 0.0639. The second-order valence-electron chi connectivity index (χ2n) is 6.71. The van der Waals surface area contributed by atoms with Gasteiger partial charge in [-0.05, 0) is 43.7 Å². The Labute approximate surface area is 157 Å². The monoisotopic (exact) mass is 360 g/mol. The number of benzene rings is 1. The molecule has 1 aliphatic heterocycles. The summed E-state index contributed by atoms with van der Waals surface area (Å²) in [5.74, 6) is 0.714. The number of aryl methyl sites for hydroxylation is 1. The van der Waals surface area contributed by atoms with Crippen LogP contribution in [-0.2, 0) is 6.54 Å². The van der Waals surface area contributed by atoms with Crippen molar-refractivity contribution in [3.05, 3.63) is 72.1 Å². The Hall–Kier alpha value is -3.28. The lowest BCUT2D eigenvalue weighted by Crippen LogP contribution is -2.40. The molecular formula is C21H20N4O2. The Morgan fingerprint density at radius 3 is 2.74 bits per heavy atom. The van der Waals surface area contributed by atoms with Crippen LogP contribution in [0.3, 0.4) is 0 Å². The molecular weight excluding hydrogens is 340 g/mol. The van der Waals surface area contributed by atoms with Crippen molar-refractivity contribution in [3.63, 3.8) is 0 Å². The van der Waals surface area contributed by atoms with Gasteiger partial charge in [0.15, 0.2) is 0 Å². The number of nitrogens with zero attached hydrogens (tertiary/aromatic N) is 4. The Morgan fingerprint density at radius 2 is 1.96 bits per heavy atom. The van der Waals surface area contributed by atoms with Gasteiger partial charge < -0.3 is 9.64 Å². The summed E-state index contributed by atoms with van der Waals surface area (Å²) in [7, 11) is 0. The third-order valence-electron chi connectivity index (χ3n) is 4.68. The van der Waals surface area contributed by atoms with Crippen molar-refractivity contribution in [2.75, 3.05) is 6.61 Å². The zero-order valence-electron chi connectivity index (χ0n) is 15.3. The van der Waals surface area contributed by atoms with E-state index in [1.54, 1.807) is 18.5 Å². The number of hydrogen-bond acceptors (Lipinski definition) is 5. The first-order valence-electron chi connectivity index (χ1n) is 8.87. The maximum atomic E-state index is 13.1. The van der Waals surface area contributed by atoms with Crippen LogP contribution in [0.5, 0.6) is 5.75 Å². The zero-order valence-corrected chi connectivity index (χ0v) is 15.3. The summed E-state index contributed by atoms with van der Waals surface area (Å²) in [5.41, 5.74) is 4.16. The van der Waals surface area contributed by atoms with E-state index in [2.05, 4.69) is 15.0 Å². The fraction of sp³-hybridized carbons (Fsp3) is 0.238. The maximum absolute atomic E-state index is 13.1. The molecule has 0 N–H and O–H groups in total. The molecule has 4 rings (SSSR count). The molecule has 0 fully saturated rings. The van der Waals surface area contributed by atoms with Gasteiger partial charge in [0, 0.05) is 29.2 Å². The molecule has 136 valence electrons. The minimum atomic E-state index is -0.0869. The summed E-state index contributed by atoms with van der Waals surface area (Å²) in [6.45, 7) is 4.78. The third-order valence-corrected chi connectivity index (χ3v) is 4.68. The van der Waals surface area contributed by atoms with Crippen molar-refractivity contribution >= 4 is 5.91 Å². The molecule has 1 aromatic carbocycles. The molecule has 1 atom stereocenters. The molecule has 0 spiro atoms. The van der Waals surface area contributed by atoms with Gasteiger partial charge in [-0.2, -0.15) is 0 Å². The molecule has 1 aliphatic rings. The smallest absolute Gasteiger partial charge is 0.273 e. The van der Waals surface area contributed by atoms with Crippen LogP contribution in [0.25, 0.3) is 11.1 Å². The van der Waals surface area contributed by atoms with Gasteiger partial charge in [-0.1, -0.05) is 12.1 Å². The molecule has 0 saturated carbocycles. The van der Waals surface area contributed by atoms with E-state index in [0.29, 0.717) is 18.8 Å². The maximum Gasteiger partial charge on any atom is 0.273 e. The Kier molecular flexibility index (Phi) is 4.54. The van der Waals surface area contributed by atoms with E-state index < -0.39 is 0 Å². The Balaban J connectivity index is 1.68. The van der Waals surface area contributed by atoms with Gasteiger partial charge in [-0.25, -0.2) is 15.0 Å². The van der Waals surface area contributed by atoms with Gasteiger partial charge in [0.05, 0.1) is 12.6 Å². The molecule has 27 heavy (non-hydrogen) atoms. The number of carbonyl (C=O) groups excluding carboxylic acids is 1.